The second-order valence-electron chi connectivity index (χ2n) is 17.6. The molecular formula is C60H54N6O6. The van der Waals surface area contributed by atoms with Crippen molar-refractivity contribution in [2.24, 2.45) is 0 Å². The van der Waals surface area contributed by atoms with Crippen molar-refractivity contribution in [3.8, 4) is 67.5 Å². The fraction of sp³-hybridized carbons (Fsp3) is 0.200. The average Bonchev–Trinajstić information content (AvgIpc) is 3.41. The van der Waals surface area contributed by atoms with E-state index in [1.807, 2.05) is 146 Å². The highest BCUT2D eigenvalue weighted by molar-refractivity contribution is 5.87. The molecule has 0 atom stereocenters. The number of hydrogen-bond donors (Lipinski definition) is 0. The summed E-state index contributed by atoms with van der Waals surface area (Å²) in [5.41, 5.74) is 8.79. The third-order valence-electron chi connectivity index (χ3n) is 13.5. The Bertz CT molecular complexity index is 3390. The van der Waals surface area contributed by atoms with Crippen LogP contribution in [0.3, 0.4) is 0 Å². The van der Waals surface area contributed by atoms with Crippen LogP contribution in [0, 0.1) is 0 Å². The van der Waals surface area contributed by atoms with Gasteiger partial charge in [0.05, 0.1) is 16.7 Å². The zero-order valence-corrected chi connectivity index (χ0v) is 41.2. The molecule has 0 aliphatic heterocycles. The molecule has 0 aliphatic carbocycles. The second-order valence-corrected chi connectivity index (χ2v) is 17.6. The molecule has 0 saturated heterocycles. The van der Waals surface area contributed by atoms with Crippen LogP contribution in [-0.2, 0) is 0 Å². The number of aromatic nitrogens is 3. The van der Waals surface area contributed by atoms with Gasteiger partial charge >= 0.3 is 16.9 Å². The van der Waals surface area contributed by atoms with E-state index in [-0.39, 0.29) is 0 Å². The Labute approximate surface area is 416 Å². The molecule has 0 fully saturated rings. The Morgan fingerprint density at radius 1 is 0.319 bits per heavy atom. The normalized spacial score (nSPS) is 11.4. The van der Waals surface area contributed by atoms with E-state index in [0.29, 0.717) is 84.3 Å². The molecule has 360 valence electrons. The molecule has 72 heavy (non-hydrogen) atoms. The predicted octanol–water partition coefficient (Wildman–Crippen LogP) is 12.7. The molecule has 10 aromatic rings. The number of hydrogen-bond acceptors (Lipinski definition) is 12. The maximum Gasteiger partial charge on any atom is 0.344 e. The van der Waals surface area contributed by atoms with Gasteiger partial charge in [-0.05, 0) is 113 Å². The number of fused-ring (bicyclic) bond motifs is 3. The van der Waals surface area contributed by atoms with E-state index >= 15 is 0 Å². The minimum Gasteiger partial charge on any atom is -0.422 e. The van der Waals surface area contributed by atoms with E-state index in [2.05, 4.69) is 56.2 Å². The van der Waals surface area contributed by atoms with Crippen LogP contribution < -0.4 is 31.6 Å². The Balaban J connectivity index is 1.01. The highest BCUT2D eigenvalue weighted by Crippen LogP contribution is 2.32. The van der Waals surface area contributed by atoms with Crippen LogP contribution in [0.4, 0.5) is 17.1 Å². The van der Waals surface area contributed by atoms with E-state index in [9.17, 15) is 14.4 Å². The highest BCUT2D eigenvalue weighted by atomic mass is 16.4. The molecule has 0 spiro atoms. The number of nitrogens with zero attached hydrogens (tertiary/aromatic N) is 6. The maximum atomic E-state index is 13.4. The molecular weight excluding hydrogens is 901 g/mol. The van der Waals surface area contributed by atoms with Gasteiger partial charge in [0.25, 0.3) is 0 Å². The first-order chi connectivity index (χ1) is 35.1. The van der Waals surface area contributed by atoms with Gasteiger partial charge < -0.3 is 28.0 Å². The fourth-order valence-corrected chi connectivity index (χ4v) is 9.42. The second kappa shape index (κ2) is 20.0. The number of benzene rings is 6. The number of rotatable bonds is 15. The minimum atomic E-state index is -0.430. The molecule has 0 amide bonds. The molecule has 4 aromatic heterocycles. The molecule has 0 N–H and O–H groups in total. The van der Waals surface area contributed by atoms with Crippen molar-refractivity contribution in [1.29, 1.82) is 0 Å². The SMILES string of the molecule is CCN(CC)c1ccc2cc(-c3ccc(-c4nc(-c5ccc(-c6cc7ccc(N(CC)CC)cc7oc6=O)cc5)nc(-c5ccc(-c6cc7ccc(N(CC)CC)cc7oc6=O)cc5)n4)cc3)c(=O)oc2c1. The summed E-state index contributed by atoms with van der Waals surface area (Å²) in [6.45, 7) is 17.6. The van der Waals surface area contributed by atoms with Crippen molar-refractivity contribution >= 4 is 50.0 Å². The van der Waals surface area contributed by atoms with Crippen LogP contribution in [-0.4, -0.2) is 54.2 Å². The lowest BCUT2D eigenvalue weighted by Gasteiger charge is -2.21. The van der Waals surface area contributed by atoms with Gasteiger partial charge in [0.15, 0.2) is 17.5 Å². The Morgan fingerprint density at radius 3 is 0.792 bits per heavy atom. The maximum absolute atomic E-state index is 13.4. The first-order valence-corrected chi connectivity index (χ1v) is 24.6. The number of anilines is 3. The Hall–Kier alpha value is -8.64. The summed E-state index contributed by atoms with van der Waals surface area (Å²) >= 11 is 0. The molecule has 0 saturated carbocycles. The lowest BCUT2D eigenvalue weighted by Crippen LogP contribution is -2.21. The molecule has 12 nitrogen and oxygen atoms in total. The molecule has 4 heterocycles. The van der Waals surface area contributed by atoms with Crippen LogP contribution in [0.15, 0.2) is 173 Å². The van der Waals surface area contributed by atoms with Gasteiger partial charge in [-0.15, -0.1) is 0 Å². The highest BCUT2D eigenvalue weighted by Gasteiger charge is 2.18. The lowest BCUT2D eigenvalue weighted by molar-refractivity contribution is 0.563. The molecule has 0 aliphatic rings. The lowest BCUT2D eigenvalue weighted by atomic mass is 10.0. The van der Waals surface area contributed by atoms with Gasteiger partial charge in [0.2, 0.25) is 0 Å². The van der Waals surface area contributed by atoms with E-state index < -0.39 is 16.9 Å². The fourth-order valence-electron chi connectivity index (χ4n) is 9.42. The van der Waals surface area contributed by atoms with Crippen molar-refractivity contribution in [2.75, 3.05) is 54.0 Å². The zero-order chi connectivity index (χ0) is 50.0. The van der Waals surface area contributed by atoms with Crippen LogP contribution in [0.1, 0.15) is 41.5 Å². The first kappa shape index (κ1) is 47.1. The van der Waals surface area contributed by atoms with E-state index in [1.165, 1.54) is 0 Å². The van der Waals surface area contributed by atoms with Crippen molar-refractivity contribution in [3.05, 3.63) is 177 Å². The summed E-state index contributed by atoms with van der Waals surface area (Å²) in [6, 6.07) is 45.9. The molecule has 6 aromatic carbocycles. The summed E-state index contributed by atoms with van der Waals surface area (Å²) in [4.78, 5) is 61.9. The van der Waals surface area contributed by atoms with Crippen molar-refractivity contribution in [1.82, 2.24) is 15.0 Å². The summed E-state index contributed by atoms with van der Waals surface area (Å²) in [5, 5.41) is 2.47. The summed E-state index contributed by atoms with van der Waals surface area (Å²) < 4.78 is 17.6. The van der Waals surface area contributed by atoms with Crippen LogP contribution in [0.5, 0.6) is 0 Å². The van der Waals surface area contributed by atoms with Crippen molar-refractivity contribution in [2.45, 2.75) is 41.5 Å². The predicted molar refractivity (Wildman–Crippen MR) is 291 cm³/mol. The van der Waals surface area contributed by atoms with Crippen LogP contribution in [0.2, 0.25) is 0 Å². The minimum absolute atomic E-state index is 0.405. The first-order valence-electron chi connectivity index (χ1n) is 24.6. The van der Waals surface area contributed by atoms with Crippen LogP contribution >= 0.6 is 0 Å². The zero-order valence-electron chi connectivity index (χ0n) is 41.2. The van der Waals surface area contributed by atoms with E-state index in [1.54, 1.807) is 0 Å². The quantitative estimate of drug-likeness (QED) is 0.0904. The van der Waals surface area contributed by atoms with Gasteiger partial charge in [0, 0.05) is 107 Å². The molecule has 0 bridgehead atoms. The molecule has 0 radical (unpaired) electrons. The molecule has 10 rings (SSSR count). The monoisotopic (exact) mass is 954 g/mol. The molecule has 0 unspecified atom stereocenters. The Morgan fingerprint density at radius 2 is 0.556 bits per heavy atom. The third kappa shape index (κ3) is 9.14. The Kier molecular flexibility index (Phi) is 13.1. The van der Waals surface area contributed by atoms with Crippen molar-refractivity contribution < 1.29 is 13.3 Å². The standard InChI is InChI=1S/C60H54N6O6/c1-7-64(8-2)46-28-25-43-31-49(58(67)70-52(43)34-46)37-13-19-40(20-14-37)55-61-56(41-21-15-38(16-22-41)50-32-44-26-29-47(65(9-3)10-4)35-53(44)71-59(50)68)63-57(62-55)42-23-17-39(18-24-42)51-33-45-27-30-48(66(11-5)12-6)36-54(45)72-60(51)69/h13-36H,7-12H2,1-6H3. The third-order valence-corrected chi connectivity index (χ3v) is 13.5. The summed E-state index contributed by atoms with van der Waals surface area (Å²) in [7, 11) is 0. The van der Waals surface area contributed by atoms with E-state index in [4.69, 9.17) is 28.2 Å². The van der Waals surface area contributed by atoms with Crippen molar-refractivity contribution in [3.63, 3.8) is 0 Å². The van der Waals surface area contributed by atoms with Gasteiger partial charge in [-0.2, -0.15) is 0 Å². The van der Waals surface area contributed by atoms with Gasteiger partial charge in [-0.25, -0.2) is 29.3 Å². The average molecular weight is 955 g/mol. The van der Waals surface area contributed by atoms with E-state index in [0.717, 1.165) is 72.5 Å². The van der Waals surface area contributed by atoms with Gasteiger partial charge in [-0.3, -0.25) is 0 Å². The summed E-state index contributed by atoms with van der Waals surface area (Å²) in [6.07, 6.45) is 0. The smallest absolute Gasteiger partial charge is 0.344 e. The topological polar surface area (TPSA) is 139 Å². The van der Waals surface area contributed by atoms with Gasteiger partial charge in [-0.1, -0.05) is 72.8 Å². The summed E-state index contributed by atoms with van der Waals surface area (Å²) in [5.74, 6) is 1.22. The molecule has 12 heteroatoms. The van der Waals surface area contributed by atoms with Crippen LogP contribution in [0.25, 0.3) is 100 Å². The van der Waals surface area contributed by atoms with Gasteiger partial charge in [0.1, 0.15) is 16.7 Å². The largest absolute Gasteiger partial charge is 0.422 e.